The van der Waals surface area contributed by atoms with Gasteiger partial charge in [0.2, 0.25) is 6.41 Å². The van der Waals surface area contributed by atoms with Crippen LogP contribution in [0.25, 0.3) is 0 Å². The molecule has 1 rings (SSSR count). The standard InChI is InChI=1S/C7H15N3O3S/c1-8(2)14(12,13)10-5-3-9(7-11)4-6-10/h7H,3-6H2,1-2H3. The van der Waals surface area contributed by atoms with Crippen LogP contribution in [0, 0.1) is 0 Å². The number of amides is 1. The first kappa shape index (κ1) is 11.4. The summed E-state index contributed by atoms with van der Waals surface area (Å²) in [6.07, 6.45) is 0.750. The summed E-state index contributed by atoms with van der Waals surface area (Å²) in [5.41, 5.74) is 0. The van der Waals surface area contributed by atoms with Gasteiger partial charge >= 0.3 is 0 Å². The molecular weight excluding hydrogens is 206 g/mol. The lowest BCUT2D eigenvalue weighted by Gasteiger charge is -2.33. The second kappa shape index (κ2) is 4.24. The first-order valence-electron chi connectivity index (χ1n) is 4.35. The van der Waals surface area contributed by atoms with Crippen molar-refractivity contribution in [2.75, 3.05) is 40.3 Å². The van der Waals surface area contributed by atoms with Crippen molar-refractivity contribution in [3.63, 3.8) is 0 Å². The maximum absolute atomic E-state index is 11.6. The van der Waals surface area contributed by atoms with Gasteiger partial charge in [0.25, 0.3) is 10.2 Å². The first-order valence-corrected chi connectivity index (χ1v) is 5.75. The minimum absolute atomic E-state index is 0.374. The van der Waals surface area contributed by atoms with E-state index in [9.17, 15) is 13.2 Å². The fourth-order valence-corrected chi connectivity index (χ4v) is 2.36. The van der Waals surface area contributed by atoms with E-state index in [2.05, 4.69) is 0 Å². The number of rotatable bonds is 3. The third-order valence-electron chi connectivity index (χ3n) is 2.21. The highest BCUT2D eigenvalue weighted by Gasteiger charge is 2.27. The van der Waals surface area contributed by atoms with Crippen molar-refractivity contribution in [3.05, 3.63) is 0 Å². The highest BCUT2D eigenvalue weighted by atomic mass is 32.2. The lowest BCUT2D eigenvalue weighted by molar-refractivity contribution is -0.119. The fourth-order valence-electron chi connectivity index (χ4n) is 1.27. The van der Waals surface area contributed by atoms with E-state index in [1.807, 2.05) is 0 Å². The molecule has 0 unspecified atom stereocenters. The zero-order chi connectivity index (χ0) is 10.8. The van der Waals surface area contributed by atoms with Crippen LogP contribution in [0.5, 0.6) is 0 Å². The Bertz CT molecular complexity index is 293. The summed E-state index contributed by atoms with van der Waals surface area (Å²) in [6.45, 7) is 1.69. The van der Waals surface area contributed by atoms with Crippen LogP contribution in [0.1, 0.15) is 0 Å². The van der Waals surface area contributed by atoms with Crippen LogP contribution >= 0.6 is 0 Å². The number of hydrogen-bond acceptors (Lipinski definition) is 3. The van der Waals surface area contributed by atoms with Crippen molar-refractivity contribution in [3.8, 4) is 0 Å². The molecule has 14 heavy (non-hydrogen) atoms. The van der Waals surface area contributed by atoms with Gasteiger partial charge in [-0.15, -0.1) is 0 Å². The Labute approximate surface area is 84.3 Å². The Hall–Kier alpha value is -0.660. The summed E-state index contributed by atoms with van der Waals surface area (Å²) in [5.74, 6) is 0. The van der Waals surface area contributed by atoms with Crippen molar-refractivity contribution in [2.24, 2.45) is 0 Å². The number of carbonyl (C=O) groups is 1. The molecule has 0 aromatic heterocycles. The number of hydrogen-bond donors (Lipinski definition) is 0. The third kappa shape index (κ3) is 2.23. The molecule has 0 aromatic rings. The number of piperazine rings is 1. The van der Waals surface area contributed by atoms with Gasteiger partial charge in [-0.2, -0.15) is 17.0 Å². The van der Waals surface area contributed by atoms with E-state index >= 15 is 0 Å². The highest BCUT2D eigenvalue weighted by molar-refractivity contribution is 7.86. The molecule has 0 spiro atoms. The SMILES string of the molecule is CN(C)S(=O)(=O)N1CCN(C=O)CC1. The summed E-state index contributed by atoms with van der Waals surface area (Å²) >= 11 is 0. The molecule has 0 aliphatic carbocycles. The zero-order valence-corrected chi connectivity index (χ0v) is 9.20. The summed E-state index contributed by atoms with van der Waals surface area (Å²) < 4.78 is 25.8. The van der Waals surface area contributed by atoms with Gasteiger partial charge in [0.1, 0.15) is 0 Å². The normalized spacial score (nSPS) is 20.1. The molecule has 6 nitrogen and oxygen atoms in total. The molecule has 1 saturated heterocycles. The predicted octanol–water partition coefficient (Wildman–Crippen LogP) is -1.43. The van der Waals surface area contributed by atoms with E-state index in [-0.39, 0.29) is 0 Å². The largest absolute Gasteiger partial charge is 0.343 e. The number of nitrogens with zero attached hydrogens (tertiary/aromatic N) is 3. The molecule has 0 bridgehead atoms. The van der Waals surface area contributed by atoms with Crippen molar-refractivity contribution in [1.82, 2.24) is 13.5 Å². The quantitative estimate of drug-likeness (QED) is 0.549. The smallest absolute Gasteiger partial charge is 0.281 e. The monoisotopic (exact) mass is 221 g/mol. The Kier molecular flexibility index (Phi) is 3.46. The van der Waals surface area contributed by atoms with Gasteiger partial charge in [-0.05, 0) is 0 Å². The van der Waals surface area contributed by atoms with Crippen LogP contribution in [-0.4, -0.2) is 68.6 Å². The Morgan fingerprint density at radius 3 is 2.00 bits per heavy atom. The lowest BCUT2D eigenvalue weighted by Crippen LogP contribution is -2.51. The molecule has 1 amide bonds. The van der Waals surface area contributed by atoms with E-state index < -0.39 is 10.2 Å². The van der Waals surface area contributed by atoms with E-state index in [0.29, 0.717) is 26.2 Å². The van der Waals surface area contributed by atoms with Crippen LogP contribution in [0.4, 0.5) is 0 Å². The lowest BCUT2D eigenvalue weighted by atomic mass is 10.4. The second-order valence-corrected chi connectivity index (χ2v) is 5.47. The minimum atomic E-state index is -3.31. The van der Waals surface area contributed by atoms with Gasteiger partial charge in [-0.3, -0.25) is 4.79 Å². The molecule has 0 saturated carbocycles. The summed E-state index contributed by atoms with van der Waals surface area (Å²) in [5, 5.41) is 0. The molecule has 1 fully saturated rings. The number of carbonyl (C=O) groups excluding carboxylic acids is 1. The molecule has 7 heteroatoms. The molecule has 0 atom stereocenters. The molecule has 82 valence electrons. The average molecular weight is 221 g/mol. The maximum Gasteiger partial charge on any atom is 0.281 e. The van der Waals surface area contributed by atoms with Crippen molar-refractivity contribution in [1.29, 1.82) is 0 Å². The van der Waals surface area contributed by atoms with Crippen LogP contribution < -0.4 is 0 Å². The summed E-state index contributed by atoms with van der Waals surface area (Å²) in [4.78, 5) is 12.0. The van der Waals surface area contributed by atoms with Gasteiger partial charge in [0, 0.05) is 40.3 Å². The van der Waals surface area contributed by atoms with Gasteiger partial charge in [0.15, 0.2) is 0 Å². The first-order chi connectivity index (χ1) is 6.48. The second-order valence-electron chi connectivity index (χ2n) is 3.33. The molecule has 0 radical (unpaired) electrons. The molecule has 1 heterocycles. The van der Waals surface area contributed by atoms with Gasteiger partial charge in [0.05, 0.1) is 0 Å². The van der Waals surface area contributed by atoms with Crippen LogP contribution in [0.15, 0.2) is 0 Å². The van der Waals surface area contributed by atoms with Crippen LogP contribution in [0.2, 0.25) is 0 Å². The van der Waals surface area contributed by atoms with Crippen molar-refractivity contribution in [2.45, 2.75) is 0 Å². The summed E-state index contributed by atoms with van der Waals surface area (Å²) in [6, 6.07) is 0. The van der Waals surface area contributed by atoms with E-state index in [1.54, 1.807) is 4.90 Å². The molecule has 0 aromatic carbocycles. The summed E-state index contributed by atoms with van der Waals surface area (Å²) in [7, 11) is -0.305. The van der Waals surface area contributed by atoms with E-state index in [0.717, 1.165) is 6.41 Å². The van der Waals surface area contributed by atoms with Gasteiger partial charge in [-0.1, -0.05) is 0 Å². The van der Waals surface area contributed by atoms with E-state index in [4.69, 9.17) is 0 Å². The van der Waals surface area contributed by atoms with Gasteiger partial charge < -0.3 is 4.90 Å². The topological polar surface area (TPSA) is 60.9 Å². The fraction of sp³-hybridized carbons (Fsp3) is 0.857. The van der Waals surface area contributed by atoms with Crippen LogP contribution in [-0.2, 0) is 15.0 Å². The maximum atomic E-state index is 11.6. The Morgan fingerprint density at radius 1 is 1.14 bits per heavy atom. The van der Waals surface area contributed by atoms with Crippen molar-refractivity contribution >= 4 is 16.6 Å². The minimum Gasteiger partial charge on any atom is -0.343 e. The zero-order valence-electron chi connectivity index (χ0n) is 8.38. The van der Waals surface area contributed by atoms with E-state index in [1.165, 1.54) is 22.7 Å². The Balaban J connectivity index is 2.62. The predicted molar refractivity (Wildman–Crippen MR) is 51.8 cm³/mol. The third-order valence-corrected chi connectivity index (χ3v) is 4.15. The van der Waals surface area contributed by atoms with Crippen LogP contribution in [0.3, 0.4) is 0 Å². The Morgan fingerprint density at radius 2 is 1.64 bits per heavy atom. The molecule has 0 N–H and O–H groups in total. The molecular formula is C7H15N3O3S. The molecule has 1 aliphatic heterocycles. The van der Waals surface area contributed by atoms with Gasteiger partial charge in [-0.25, -0.2) is 0 Å². The average Bonchev–Trinajstić information content (AvgIpc) is 2.17. The molecule has 1 aliphatic rings. The van der Waals surface area contributed by atoms with Crippen molar-refractivity contribution < 1.29 is 13.2 Å². The highest BCUT2D eigenvalue weighted by Crippen LogP contribution is 2.07.